The van der Waals surface area contributed by atoms with Crippen LogP contribution in [-0.2, 0) is 26.9 Å². The zero-order valence-corrected chi connectivity index (χ0v) is 27.0. The van der Waals surface area contributed by atoms with Crippen LogP contribution in [-0.4, -0.2) is 49.6 Å². The molecule has 9 nitrogen and oxygen atoms in total. The van der Waals surface area contributed by atoms with Gasteiger partial charge in [-0.05, 0) is 86.9 Å². The fourth-order valence-corrected chi connectivity index (χ4v) is 6.37. The van der Waals surface area contributed by atoms with Crippen molar-refractivity contribution in [2.24, 2.45) is 10.4 Å². The van der Waals surface area contributed by atoms with Gasteiger partial charge >= 0.3 is 6.18 Å². The van der Waals surface area contributed by atoms with Crippen molar-refractivity contribution in [2.75, 3.05) is 31.2 Å². The summed E-state index contributed by atoms with van der Waals surface area (Å²) in [5.41, 5.74) is 0.867. The summed E-state index contributed by atoms with van der Waals surface area (Å²) < 4.78 is 48.4. The third-order valence-electron chi connectivity index (χ3n) is 9.00. The highest BCUT2D eigenvalue weighted by Crippen LogP contribution is 2.44. The Morgan fingerprint density at radius 1 is 1.06 bits per heavy atom. The number of nitrogens with one attached hydrogen (secondary N) is 2. The third kappa shape index (κ3) is 6.49. The minimum Gasteiger partial charge on any atom is -0.378 e. The van der Waals surface area contributed by atoms with Crippen LogP contribution in [0, 0.1) is 30.6 Å². The van der Waals surface area contributed by atoms with Crippen LogP contribution in [0.2, 0.25) is 0 Å². The van der Waals surface area contributed by atoms with Gasteiger partial charge in [0.25, 0.3) is 5.91 Å². The molecule has 49 heavy (non-hydrogen) atoms. The second kappa shape index (κ2) is 12.8. The summed E-state index contributed by atoms with van der Waals surface area (Å²) in [7, 11) is 0. The highest BCUT2D eigenvalue weighted by molar-refractivity contribution is 6.30. The first-order chi connectivity index (χ1) is 23.3. The third-order valence-corrected chi connectivity index (χ3v) is 9.00. The molecule has 1 fully saturated rings. The Balaban J connectivity index is 1.45. The lowest BCUT2D eigenvalue weighted by Crippen LogP contribution is -2.38. The number of benzene rings is 3. The van der Waals surface area contributed by atoms with Crippen LogP contribution < -0.4 is 15.5 Å². The molecule has 0 saturated carbocycles. The largest absolute Gasteiger partial charge is 0.418 e. The molecular formula is C37H32F3N5O4. The minimum atomic E-state index is -4.70. The number of morpholine rings is 1. The average molecular weight is 668 g/mol. The van der Waals surface area contributed by atoms with Crippen molar-refractivity contribution in [3.63, 3.8) is 0 Å². The number of nitriles is 1. The fraction of sp³-hybridized carbons (Fsp3) is 0.270. The molecule has 0 aromatic heterocycles. The number of carbonyl (C=O) groups is 3. The van der Waals surface area contributed by atoms with E-state index in [9.17, 15) is 27.6 Å². The predicted molar refractivity (Wildman–Crippen MR) is 176 cm³/mol. The number of amides is 2. The molecule has 0 spiro atoms. The fourth-order valence-electron chi connectivity index (χ4n) is 6.37. The first kappa shape index (κ1) is 33.4. The van der Waals surface area contributed by atoms with Crippen molar-refractivity contribution in [3.05, 3.63) is 117 Å². The maximum atomic E-state index is 14.4. The second-order valence-corrected chi connectivity index (χ2v) is 12.5. The lowest BCUT2D eigenvalue weighted by molar-refractivity contribution is -0.137. The number of anilines is 1. The number of hydrogen-bond acceptors (Lipinski definition) is 7. The van der Waals surface area contributed by atoms with Crippen LogP contribution in [0.4, 0.5) is 24.5 Å². The van der Waals surface area contributed by atoms with E-state index in [1.54, 1.807) is 11.8 Å². The van der Waals surface area contributed by atoms with E-state index in [2.05, 4.69) is 15.6 Å². The number of carbonyl (C=O) groups excluding carboxylic acids is 3. The molecular weight excluding hydrogens is 635 g/mol. The van der Waals surface area contributed by atoms with E-state index in [1.807, 2.05) is 38.1 Å². The van der Waals surface area contributed by atoms with Gasteiger partial charge in [-0.25, -0.2) is 4.99 Å². The maximum absolute atomic E-state index is 14.4. The summed E-state index contributed by atoms with van der Waals surface area (Å²) in [6, 6.07) is 17.3. The molecule has 0 bridgehead atoms. The van der Waals surface area contributed by atoms with Crippen molar-refractivity contribution < 1.29 is 32.3 Å². The summed E-state index contributed by atoms with van der Waals surface area (Å²) in [5.74, 6) is -1.76. The van der Waals surface area contributed by atoms with E-state index in [-0.39, 0.29) is 46.0 Å². The molecule has 3 aromatic carbocycles. The van der Waals surface area contributed by atoms with Crippen LogP contribution in [0.25, 0.3) is 0 Å². The molecule has 6 rings (SSSR count). The first-order valence-electron chi connectivity index (χ1n) is 15.6. The molecule has 3 aliphatic rings. The molecule has 2 heterocycles. The lowest BCUT2D eigenvalue weighted by atomic mass is 9.73. The van der Waals surface area contributed by atoms with Gasteiger partial charge in [0.1, 0.15) is 0 Å². The smallest absolute Gasteiger partial charge is 0.378 e. The molecule has 1 saturated heterocycles. The number of nitrogens with zero attached hydrogens (tertiary/aromatic N) is 3. The summed E-state index contributed by atoms with van der Waals surface area (Å²) >= 11 is 0. The predicted octanol–water partition coefficient (Wildman–Crippen LogP) is 5.63. The summed E-state index contributed by atoms with van der Waals surface area (Å²) in [6.45, 7) is 6.68. The van der Waals surface area contributed by atoms with Crippen molar-refractivity contribution in [3.8, 4) is 6.07 Å². The number of hydrogen-bond donors (Lipinski definition) is 2. The van der Waals surface area contributed by atoms with Gasteiger partial charge in [-0.15, -0.1) is 0 Å². The quantitative estimate of drug-likeness (QED) is 0.329. The Labute approximate surface area is 280 Å². The van der Waals surface area contributed by atoms with E-state index in [0.717, 1.165) is 22.8 Å². The zero-order valence-electron chi connectivity index (χ0n) is 27.0. The number of rotatable bonds is 6. The van der Waals surface area contributed by atoms with E-state index < -0.39 is 34.8 Å². The monoisotopic (exact) mass is 667 g/mol. The lowest BCUT2D eigenvalue weighted by Gasteiger charge is -2.31. The Bertz CT molecular complexity index is 2020. The number of Topliss-reactive ketones (excluding diaryl/α,β-unsaturated/α-hetero) is 1. The average Bonchev–Trinajstić information content (AvgIpc) is 3.34. The van der Waals surface area contributed by atoms with E-state index in [1.165, 1.54) is 42.5 Å². The number of ketones is 1. The molecule has 1 unspecified atom stereocenters. The maximum Gasteiger partial charge on any atom is 0.418 e. The Kier molecular flexibility index (Phi) is 8.73. The number of halogens is 3. The number of allylic oxidation sites excluding steroid dienone is 2. The second-order valence-electron chi connectivity index (χ2n) is 12.5. The molecule has 0 radical (unpaired) electrons. The zero-order chi connectivity index (χ0) is 35.1. The van der Waals surface area contributed by atoms with E-state index in [4.69, 9.17) is 10.00 Å². The summed E-state index contributed by atoms with van der Waals surface area (Å²) in [4.78, 5) is 47.3. The molecule has 3 aromatic rings. The van der Waals surface area contributed by atoms with Crippen molar-refractivity contribution in [1.82, 2.24) is 10.6 Å². The van der Waals surface area contributed by atoms with E-state index >= 15 is 0 Å². The van der Waals surface area contributed by atoms with Crippen molar-refractivity contribution in [1.29, 1.82) is 5.26 Å². The molecule has 2 aliphatic heterocycles. The number of alkyl halides is 3. The van der Waals surface area contributed by atoms with Crippen molar-refractivity contribution >= 4 is 34.7 Å². The van der Waals surface area contributed by atoms with Crippen LogP contribution in [0.5, 0.6) is 0 Å². The minimum absolute atomic E-state index is 0.000371. The number of ether oxygens (including phenoxy) is 1. The van der Waals surface area contributed by atoms with Crippen LogP contribution >= 0.6 is 0 Å². The normalized spacial score (nSPS) is 20.1. The van der Waals surface area contributed by atoms with Crippen LogP contribution in [0.15, 0.2) is 88.7 Å². The first-order valence-corrected chi connectivity index (χ1v) is 15.6. The van der Waals surface area contributed by atoms with Crippen LogP contribution in [0.1, 0.15) is 45.1 Å². The van der Waals surface area contributed by atoms with Crippen LogP contribution in [0.3, 0.4) is 0 Å². The Morgan fingerprint density at radius 3 is 2.43 bits per heavy atom. The molecule has 1 atom stereocenters. The molecule has 12 heteroatoms. The number of aliphatic imine (C=N–C) groups is 1. The van der Waals surface area contributed by atoms with Gasteiger partial charge in [-0.3, -0.25) is 14.4 Å². The Morgan fingerprint density at radius 2 is 1.78 bits per heavy atom. The molecule has 2 amide bonds. The SMILES string of the molecule is Cc1ccc(CC2(C)C(=O)NC3=C2C(=O)C(NC(=O)c2ccc(C#N)cc2)=CC3=Nc2ccc(N3CCOCC3)c(C(F)(F)F)c2)c(C)c1. The molecule has 2 N–H and O–H groups in total. The van der Waals surface area contributed by atoms with Gasteiger partial charge in [0.2, 0.25) is 11.7 Å². The highest BCUT2D eigenvalue weighted by atomic mass is 19.4. The molecule has 1 aliphatic carbocycles. The van der Waals surface area contributed by atoms with Gasteiger partial charge in [-0.2, -0.15) is 18.4 Å². The van der Waals surface area contributed by atoms with Gasteiger partial charge in [0, 0.05) is 29.9 Å². The van der Waals surface area contributed by atoms with Gasteiger partial charge in [0.05, 0.1) is 58.6 Å². The standard InChI is InChI=1S/C37H32F3N5O4/c1-21-4-7-25(22(2)16-21)19-36(3)31-32(44-35(36)48)28(18-29(33(31)46)43-34(47)24-8-5-23(20-41)6-9-24)42-26-10-11-30(27(17-26)37(38,39)40)45-12-14-49-15-13-45/h4-11,16-18H,12-15,19H2,1-3H3,(H,43,47)(H,44,48). The van der Waals surface area contributed by atoms with Gasteiger partial charge in [-0.1, -0.05) is 23.8 Å². The Hall–Kier alpha value is -5.54. The van der Waals surface area contributed by atoms with E-state index in [0.29, 0.717) is 31.9 Å². The topological polar surface area (TPSA) is 124 Å². The summed E-state index contributed by atoms with van der Waals surface area (Å²) in [5, 5.41) is 14.5. The summed E-state index contributed by atoms with van der Waals surface area (Å²) in [6.07, 6.45) is -3.29. The number of aryl methyl sites for hydroxylation is 2. The van der Waals surface area contributed by atoms with Gasteiger partial charge in [0.15, 0.2) is 0 Å². The molecule has 250 valence electrons. The van der Waals surface area contributed by atoms with Crippen molar-refractivity contribution in [2.45, 2.75) is 33.4 Å². The van der Waals surface area contributed by atoms with Gasteiger partial charge < -0.3 is 20.3 Å². The highest BCUT2D eigenvalue weighted by Gasteiger charge is 2.51.